The number of rotatable bonds is 7. The highest BCUT2D eigenvalue weighted by atomic mass is 35.5. The maximum Gasteiger partial charge on any atom is 0.335 e. The monoisotopic (exact) mass is 419 g/mol. The summed E-state index contributed by atoms with van der Waals surface area (Å²) in [7, 11) is 0. The molecule has 4 aromatic rings. The molecule has 0 amide bonds. The van der Waals surface area contributed by atoms with Gasteiger partial charge in [-0.1, -0.05) is 41.9 Å². The van der Waals surface area contributed by atoms with Crippen molar-refractivity contribution in [3.63, 3.8) is 0 Å². The van der Waals surface area contributed by atoms with Crippen molar-refractivity contribution in [1.82, 2.24) is 0 Å². The van der Waals surface area contributed by atoms with Crippen molar-refractivity contribution in [2.75, 3.05) is 5.32 Å². The number of aromatic carboxylic acids is 1. The van der Waals surface area contributed by atoms with E-state index in [0.29, 0.717) is 22.1 Å². The van der Waals surface area contributed by atoms with Gasteiger partial charge in [-0.05, 0) is 54.1 Å². The van der Waals surface area contributed by atoms with Gasteiger partial charge in [-0.25, -0.2) is 4.79 Å². The number of fused-ring (bicyclic) bond motifs is 1. The van der Waals surface area contributed by atoms with Gasteiger partial charge in [0.2, 0.25) is 0 Å². The Morgan fingerprint density at radius 1 is 0.967 bits per heavy atom. The first-order valence-electron chi connectivity index (χ1n) is 9.37. The van der Waals surface area contributed by atoms with E-state index in [1.807, 2.05) is 36.4 Å². The second kappa shape index (κ2) is 8.43. The van der Waals surface area contributed by atoms with E-state index in [9.17, 15) is 9.59 Å². The largest absolute Gasteiger partial charge is 0.478 e. The Morgan fingerprint density at radius 2 is 1.67 bits per heavy atom. The number of halogens is 1. The number of para-hydroxylation sites is 1. The standard InChI is InChI=1S/C24H18ClNO4/c25-18-9-5-15(6-10-18)20(26-19-11-7-16(8-12-19)24(28)29)14-21(27)23-13-17-3-1-2-4-22(17)30-23/h1-13,20,26H,14H2,(H,28,29). The summed E-state index contributed by atoms with van der Waals surface area (Å²) in [5, 5.41) is 13.9. The maximum atomic E-state index is 13.0. The number of benzene rings is 3. The number of hydrogen-bond acceptors (Lipinski definition) is 4. The molecule has 0 aliphatic rings. The van der Waals surface area contributed by atoms with E-state index in [1.165, 1.54) is 12.1 Å². The molecule has 1 unspecified atom stereocenters. The van der Waals surface area contributed by atoms with Crippen LogP contribution in [0, 0.1) is 0 Å². The zero-order chi connectivity index (χ0) is 21.1. The van der Waals surface area contributed by atoms with Gasteiger partial charge < -0.3 is 14.8 Å². The van der Waals surface area contributed by atoms with Gasteiger partial charge in [0.25, 0.3) is 0 Å². The molecule has 0 fully saturated rings. The van der Waals surface area contributed by atoms with Crippen molar-refractivity contribution in [3.8, 4) is 0 Å². The first-order chi connectivity index (χ1) is 14.5. The van der Waals surface area contributed by atoms with E-state index >= 15 is 0 Å². The van der Waals surface area contributed by atoms with Crippen LogP contribution in [-0.4, -0.2) is 16.9 Å². The number of ketones is 1. The highest BCUT2D eigenvalue weighted by Gasteiger charge is 2.20. The first-order valence-corrected chi connectivity index (χ1v) is 9.74. The van der Waals surface area contributed by atoms with Crippen molar-refractivity contribution in [3.05, 3.63) is 101 Å². The highest BCUT2D eigenvalue weighted by molar-refractivity contribution is 6.30. The Hall–Kier alpha value is -3.57. The third-order valence-corrected chi connectivity index (χ3v) is 5.09. The Balaban J connectivity index is 1.60. The zero-order valence-electron chi connectivity index (χ0n) is 15.8. The number of anilines is 1. The van der Waals surface area contributed by atoms with E-state index in [1.54, 1.807) is 30.3 Å². The Labute approximate surface area is 177 Å². The molecule has 1 heterocycles. The second-order valence-electron chi connectivity index (χ2n) is 6.91. The molecule has 0 saturated heterocycles. The third kappa shape index (κ3) is 4.36. The first kappa shape index (κ1) is 19.7. The van der Waals surface area contributed by atoms with Gasteiger partial charge in [0.1, 0.15) is 5.58 Å². The van der Waals surface area contributed by atoms with Crippen molar-refractivity contribution in [2.24, 2.45) is 0 Å². The number of furan rings is 1. The van der Waals surface area contributed by atoms with Crippen LogP contribution >= 0.6 is 11.6 Å². The summed E-state index contributed by atoms with van der Waals surface area (Å²) in [6, 6.07) is 22.5. The normalized spacial score (nSPS) is 11.9. The number of carboxylic acids is 1. The van der Waals surface area contributed by atoms with E-state index in [0.717, 1.165) is 10.9 Å². The molecule has 30 heavy (non-hydrogen) atoms. The number of carbonyl (C=O) groups is 2. The highest BCUT2D eigenvalue weighted by Crippen LogP contribution is 2.28. The van der Waals surface area contributed by atoms with Gasteiger partial charge in [0, 0.05) is 22.5 Å². The third-order valence-electron chi connectivity index (χ3n) is 4.83. The minimum absolute atomic E-state index is 0.138. The Bertz CT molecular complexity index is 1160. The van der Waals surface area contributed by atoms with Crippen LogP contribution < -0.4 is 5.32 Å². The predicted octanol–water partition coefficient (Wildman–Crippen LogP) is 6.21. The molecular weight excluding hydrogens is 402 g/mol. The lowest BCUT2D eigenvalue weighted by molar-refractivity contribution is 0.0696. The predicted molar refractivity (Wildman–Crippen MR) is 116 cm³/mol. The fraction of sp³-hybridized carbons (Fsp3) is 0.0833. The molecule has 0 spiro atoms. The van der Waals surface area contributed by atoms with Crippen LogP contribution in [0.15, 0.2) is 83.3 Å². The molecule has 4 rings (SSSR count). The molecule has 0 aliphatic heterocycles. The molecule has 0 bridgehead atoms. The van der Waals surface area contributed by atoms with E-state index in [-0.39, 0.29) is 23.8 Å². The smallest absolute Gasteiger partial charge is 0.335 e. The summed E-state index contributed by atoms with van der Waals surface area (Å²) in [6.07, 6.45) is 0.155. The number of hydrogen-bond donors (Lipinski definition) is 2. The molecule has 0 radical (unpaired) electrons. The van der Waals surface area contributed by atoms with Crippen molar-refractivity contribution in [2.45, 2.75) is 12.5 Å². The van der Waals surface area contributed by atoms with E-state index in [2.05, 4.69) is 5.32 Å². The molecule has 150 valence electrons. The van der Waals surface area contributed by atoms with Crippen molar-refractivity contribution < 1.29 is 19.1 Å². The SMILES string of the molecule is O=C(O)c1ccc(NC(CC(=O)c2cc3ccccc3o2)c2ccc(Cl)cc2)cc1. The number of carboxylic acid groups (broad SMARTS) is 1. The van der Waals surface area contributed by atoms with Gasteiger partial charge in [0.05, 0.1) is 11.6 Å². The van der Waals surface area contributed by atoms with E-state index < -0.39 is 5.97 Å². The number of nitrogens with one attached hydrogen (secondary N) is 1. The van der Waals surface area contributed by atoms with Gasteiger partial charge in [-0.2, -0.15) is 0 Å². The lowest BCUT2D eigenvalue weighted by atomic mass is 9.99. The van der Waals surface area contributed by atoms with Crippen LogP contribution in [0.5, 0.6) is 0 Å². The summed E-state index contributed by atoms with van der Waals surface area (Å²) in [6.45, 7) is 0. The Kier molecular flexibility index (Phi) is 5.55. The van der Waals surface area contributed by atoms with Crippen LogP contribution in [0.3, 0.4) is 0 Å². The minimum Gasteiger partial charge on any atom is -0.478 e. The average Bonchev–Trinajstić information content (AvgIpc) is 3.19. The van der Waals surface area contributed by atoms with Gasteiger partial charge in [-0.3, -0.25) is 4.79 Å². The summed E-state index contributed by atoms with van der Waals surface area (Å²) in [5.41, 5.74) is 2.45. The zero-order valence-corrected chi connectivity index (χ0v) is 16.6. The average molecular weight is 420 g/mol. The van der Waals surface area contributed by atoms with Crippen molar-refractivity contribution in [1.29, 1.82) is 0 Å². The van der Waals surface area contributed by atoms with Crippen LogP contribution in [0.1, 0.15) is 38.9 Å². The molecule has 0 saturated carbocycles. The Morgan fingerprint density at radius 3 is 2.33 bits per heavy atom. The fourth-order valence-electron chi connectivity index (χ4n) is 3.26. The molecule has 6 heteroatoms. The fourth-order valence-corrected chi connectivity index (χ4v) is 3.39. The molecule has 1 aromatic heterocycles. The van der Waals surface area contributed by atoms with Crippen molar-refractivity contribution >= 4 is 40.0 Å². The summed E-state index contributed by atoms with van der Waals surface area (Å²) < 4.78 is 5.71. The number of carbonyl (C=O) groups excluding carboxylic acids is 1. The summed E-state index contributed by atoms with van der Waals surface area (Å²) in [4.78, 5) is 24.0. The summed E-state index contributed by atoms with van der Waals surface area (Å²) >= 11 is 6.01. The maximum absolute atomic E-state index is 13.0. The lowest BCUT2D eigenvalue weighted by Gasteiger charge is -2.20. The van der Waals surface area contributed by atoms with Crippen LogP contribution in [0.4, 0.5) is 5.69 Å². The molecule has 3 aromatic carbocycles. The summed E-state index contributed by atoms with van der Waals surface area (Å²) in [5.74, 6) is -0.824. The lowest BCUT2D eigenvalue weighted by Crippen LogP contribution is -2.15. The topological polar surface area (TPSA) is 79.5 Å². The molecule has 0 aliphatic carbocycles. The van der Waals surface area contributed by atoms with Gasteiger partial charge in [-0.15, -0.1) is 0 Å². The molecule has 1 atom stereocenters. The molecule has 5 nitrogen and oxygen atoms in total. The van der Waals surface area contributed by atoms with E-state index in [4.69, 9.17) is 21.1 Å². The quantitative estimate of drug-likeness (QED) is 0.348. The van der Waals surface area contributed by atoms with Gasteiger partial charge in [0.15, 0.2) is 11.5 Å². The second-order valence-corrected chi connectivity index (χ2v) is 7.34. The van der Waals surface area contributed by atoms with Crippen LogP contribution in [0.25, 0.3) is 11.0 Å². The van der Waals surface area contributed by atoms with Crippen LogP contribution in [-0.2, 0) is 0 Å². The number of Topliss-reactive ketones (excluding diaryl/α,β-unsaturated/α-hetero) is 1. The van der Waals surface area contributed by atoms with Crippen LogP contribution in [0.2, 0.25) is 5.02 Å². The minimum atomic E-state index is -0.990. The molecule has 2 N–H and O–H groups in total. The van der Waals surface area contributed by atoms with Gasteiger partial charge >= 0.3 is 5.97 Å². The molecular formula is C24H18ClNO4.